The number of nitrogen functional groups attached to an aromatic ring is 1. The number of methoxy groups -OCH3 is 1. The molecular formula is C11H15F3N2O3S. The van der Waals surface area contributed by atoms with E-state index in [2.05, 4.69) is 0 Å². The fourth-order valence-electron chi connectivity index (χ4n) is 1.60. The normalized spacial score (nSPS) is 12.7. The first-order valence-corrected chi connectivity index (χ1v) is 7.06. The molecule has 0 amide bonds. The highest BCUT2D eigenvalue weighted by molar-refractivity contribution is 7.89. The molecule has 2 N–H and O–H groups in total. The maximum absolute atomic E-state index is 12.4. The predicted octanol–water partition coefficient (Wildman–Crippen LogP) is 1.85. The maximum atomic E-state index is 12.4. The van der Waals surface area contributed by atoms with Crippen molar-refractivity contribution in [2.75, 3.05) is 25.9 Å². The zero-order valence-electron chi connectivity index (χ0n) is 10.9. The van der Waals surface area contributed by atoms with Gasteiger partial charge in [0, 0.05) is 12.2 Å². The van der Waals surface area contributed by atoms with Crippen LogP contribution in [0.3, 0.4) is 0 Å². The first-order valence-electron chi connectivity index (χ1n) is 5.62. The molecule has 0 aliphatic heterocycles. The van der Waals surface area contributed by atoms with Crippen molar-refractivity contribution >= 4 is 15.7 Å². The van der Waals surface area contributed by atoms with Crippen LogP contribution in [0, 0.1) is 0 Å². The molecule has 1 aromatic carbocycles. The maximum Gasteiger partial charge on any atom is 0.402 e. The van der Waals surface area contributed by atoms with Gasteiger partial charge in [-0.1, -0.05) is 6.92 Å². The van der Waals surface area contributed by atoms with Crippen LogP contribution < -0.4 is 10.5 Å². The number of hydrogen-bond acceptors (Lipinski definition) is 4. The van der Waals surface area contributed by atoms with E-state index in [1.54, 1.807) is 0 Å². The van der Waals surface area contributed by atoms with Gasteiger partial charge in [-0.2, -0.15) is 17.5 Å². The number of rotatable bonds is 5. The number of sulfonamides is 1. The van der Waals surface area contributed by atoms with E-state index >= 15 is 0 Å². The lowest BCUT2D eigenvalue weighted by atomic mass is 10.3. The van der Waals surface area contributed by atoms with E-state index < -0.39 is 22.7 Å². The topological polar surface area (TPSA) is 72.6 Å². The molecule has 20 heavy (non-hydrogen) atoms. The average Bonchev–Trinajstić information content (AvgIpc) is 2.34. The lowest BCUT2D eigenvalue weighted by Crippen LogP contribution is -2.38. The monoisotopic (exact) mass is 312 g/mol. The van der Waals surface area contributed by atoms with Gasteiger partial charge < -0.3 is 10.5 Å². The van der Waals surface area contributed by atoms with Crippen molar-refractivity contribution in [2.45, 2.75) is 18.0 Å². The summed E-state index contributed by atoms with van der Waals surface area (Å²) in [5, 5.41) is 0. The van der Waals surface area contributed by atoms with Crippen molar-refractivity contribution in [1.29, 1.82) is 0 Å². The van der Waals surface area contributed by atoms with Gasteiger partial charge in [-0.3, -0.25) is 0 Å². The Morgan fingerprint density at radius 1 is 1.35 bits per heavy atom. The molecule has 0 aliphatic carbocycles. The fraction of sp³-hybridized carbons (Fsp3) is 0.455. The molecular weight excluding hydrogens is 297 g/mol. The van der Waals surface area contributed by atoms with Gasteiger partial charge >= 0.3 is 6.18 Å². The lowest BCUT2D eigenvalue weighted by molar-refractivity contribution is -0.135. The molecule has 0 fully saturated rings. The number of hydrogen-bond donors (Lipinski definition) is 1. The van der Waals surface area contributed by atoms with Gasteiger partial charge in [0.15, 0.2) is 0 Å². The van der Waals surface area contributed by atoms with Gasteiger partial charge in [0.2, 0.25) is 10.0 Å². The molecule has 0 radical (unpaired) electrons. The van der Waals surface area contributed by atoms with Crippen molar-refractivity contribution in [3.63, 3.8) is 0 Å². The molecule has 0 aliphatic rings. The molecule has 0 aromatic heterocycles. The van der Waals surface area contributed by atoms with E-state index in [1.807, 2.05) is 0 Å². The van der Waals surface area contributed by atoms with Gasteiger partial charge in [0.05, 0.1) is 7.11 Å². The Morgan fingerprint density at radius 2 is 1.95 bits per heavy atom. The molecule has 0 unspecified atom stereocenters. The summed E-state index contributed by atoms with van der Waals surface area (Å²) in [4.78, 5) is -0.383. The van der Waals surface area contributed by atoms with Crippen molar-refractivity contribution in [3.8, 4) is 5.75 Å². The molecule has 5 nitrogen and oxygen atoms in total. The predicted molar refractivity (Wildman–Crippen MR) is 67.9 cm³/mol. The largest absolute Gasteiger partial charge is 0.495 e. The molecule has 9 heteroatoms. The number of nitrogens with zero attached hydrogens (tertiary/aromatic N) is 1. The van der Waals surface area contributed by atoms with Crippen molar-refractivity contribution in [3.05, 3.63) is 18.2 Å². The van der Waals surface area contributed by atoms with E-state index in [1.165, 1.54) is 26.2 Å². The zero-order valence-corrected chi connectivity index (χ0v) is 11.8. The number of alkyl halides is 3. The van der Waals surface area contributed by atoms with Gasteiger partial charge in [-0.05, 0) is 18.2 Å². The first kappa shape index (κ1) is 16.6. The molecule has 0 spiro atoms. The highest BCUT2D eigenvalue weighted by atomic mass is 32.2. The second-order valence-electron chi connectivity index (χ2n) is 3.96. The van der Waals surface area contributed by atoms with E-state index in [0.29, 0.717) is 4.31 Å². The smallest absolute Gasteiger partial charge is 0.402 e. The van der Waals surface area contributed by atoms with Crippen LogP contribution in [0.2, 0.25) is 0 Å². The number of anilines is 1. The molecule has 0 heterocycles. The molecule has 0 saturated heterocycles. The van der Waals surface area contributed by atoms with Crippen LogP contribution in [0.4, 0.5) is 18.9 Å². The minimum atomic E-state index is -4.63. The summed E-state index contributed by atoms with van der Waals surface area (Å²) < 4.78 is 67.0. The second kappa shape index (κ2) is 5.88. The highest BCUT2D eigenvalue weighted by Gasteiger charge is 2.37. The SMILES string of the molecule is CCN(CC(F)(F)F)S(=O)(=O)c1cc(N)ccc1OC. The van der Waals surface area contributed by atoms with Gasteiger partial charge in [-0.15, -0.1) is 0 Å². The van der Waals surface area contributed by atoms with Crippen LogP contribution in [0.25, 0.3) is 0 Å². The Kier molecular flexibility index (Phi) is 4.87. The minimum Gasteiger partial charge on any atom is -0.495 e. The summed E-state index contributed by atoms with van der Waals surface area (Å²) in [5.74, 6) is -0.0557. The summed E-state index contributed by atoms with van der Waals surface area (Å²) in [5.41, 5.74) is 5.60. The summed E-state index contributed by atoms with van der Waals surface area (Å²) in [6.07, 6.45) is -4.63. The van der Waals surface area contributed by atoms with Gasteiger partial charge in [0.25, 0.3) is 0 Å². The Morgan fingerprint density at radius 3 is 2.40 bits per heavy atom. The van der Waals surface area contributed by atoms with Crippen LogP contribution >= 0.6 is 0 Å². The lowest BCUT2D eigenvalue weighted by Gasteiger charge is -2.23. The van der Waals surface area contributed by atoms with E-state index in [0.717, 1.165) is 6.07 Å². The number of nitrogens with two attached hydrogens (primary N) is 1. The molecule has 0 atom stereocenters. The van der Waals surface area contributed by atoms with Crippen LogP contribution in [0.15, 0.2) is 23.1 Å². The van der Waals surface area contributed by atoms with Gasteiger partial charge in [0.1, 0.15) is 17.2 Å². The average molecular weight is 312 g/mol. The van der Waals surface area contributed by atoms with Crippen LogP contribution in [-0.2, 0) is 10.0 Å². The summed E-state index contributed by atoms with van der Waals surface area (Å²) in [6, 6.07) is 3.77. The Hall–Kier alpha value is -1.48. The van der Waals surface area contributed by atoms with Crippen molar-refractivity contribution < 1.29 is 26.3 Å². The van der Waals surface area contributed by atoms with Crippen molar-refractivity contribution in [2.24, 2.45) is 0 Å². The Bertz CT molecular complexity index is 573. The third-order valence-electron chi connectivity index (χ3n) is 2.51. The molecule has 0 bridgehead atoms. The summed E-state index contributed by atoms with van der Waals surface area (Å²) >= 11 is 0. The third kappa shape index (κ3) is 3.76. The first-order chi connectivity index (χ1) is 9.11. The zero-order chi connectivity index (χ0) is 15.6. The van der Waals surface area contributed by atoms with Crippen molar-refractivity contribution in [1.82, 2.24) is 4.31 Å². The standard InChI is InChI=1S/C11H15F3N2O3S/c1-3-16(7-11(12,13)14)20(17,18)10-6-8(15)4-5-9(10)19-2/h4-6H,3,7,15H2,1-2H3. The quantitative estimate of drug-likeness (QED) is 0.842. The highest BCUT2D eigenvalue weighted by Crippen LogP contribution is 2.30. The Labute approximate surface area is 115 Å². The molecule has 1 aromatic rings. The third-order valence-corrected chi connectivity index (χ3v) is 4.46. The summed E-state index contributed by atoms with van der Waals surface area (Å²) in [7, 11) is -3.11. The molecule has 114 valence electrons. The second-order valence-corrected chi connectivity index (χ2v) is 5.86. The number of ether oxygens (including phenoxy) is 1. The molecule has 0 saturated carbocycles. The Balaban J connectivity index is 3.30. The summed E-state index contributed by atoms with van der Waals surface area (Å²) in [6.45, 7) is -0.564. The van der Waals surface area contributed by atoms with Crippen LogP contribution in [-0.4, -0.2) is 39.1 Å². The van der Waals surface area contributed by atoms with E-state index in [4.69, 9.17) is 10.5 Å². The van der Waals surface area contributed by atoms with E-state index in [9.17, 15) is 21.6 Å². The van der Waals surface area contributed by atoms with E-state index in [-0.39, 0.29) is 22.9 Å². The fourth-order valence-corrected chi connectivity index (χ4v) is 3.23. The number of halogens is 3. The van der Waals surface area contributed by atoms with Crippen LogP contribution in [0.1, 0.15) is 6.92 Å². The number of benzene rings is 1. The minimum absolute atomic E-state index is 0.0557. The molecule has 1 rings (SSSR count). The van der Waals surface area contributed by atoms with Gasteiger partial charge in [-0.25, -0.2) is 8.42 Å². The van der Waals surface area contributed by atoms with Crippen LogP contribution in [0.5, 0.6) is 5.75 Å².